The first-order chi connectivity index (χ1) is 6.24. The topological polar surface area (TPSA) is 9.23 Å². The van der Waals surface area contributed by atoms with E-state index in [4.69, 9.17) is 4.74 Å². The van der Waals surface area contributed by atoms with Crippen LogP contribution in [0.5, 0.6) is 5.75 Å². The Bertz CT molecular complexity index is 312. The molecular weight excluding hydrogens is 180 g/mol. The van der Waals surface area contributed by atoms with Crippen molar-refractivity contribution in [2.75, 3.05) is 7.11 Å². The van der Waals surface area contributed by atoms with Crippen LogP contribution in [0, 0.1) is 0 Å². The molecule has 1 heterocycles. The maximum atomic E-state index is 5.50. The van der Waals surface area contributed by atoms with Gasteiger partial charge in [-0.1, -0.05) is 13.8 Å². The van der Waals surface area contributed by atoms with Gasteiger partial charge in [0.05, 0.1) is 7.11 Å². The van der Waals surface area contributed by atoms with Crippen LogP contribution in [0.25, 0.3) is 0 Å². The van der Waals surface area contributed by atoms with Crippen molar-refractivity contribution in [3.05, 3.63) is 15.3 Å². The monoisotopic (exact) mass is 196 g/mol. The molecule has 13 heavy (non-hydrogen) atoms. The Morgan fingerprint density at radius 1 is 1.31 bits per heavy atom. The molecule has 0 N–H and O–H groups in total. The number of rotatable bonds is 2. The van der Waals surface area contributed by atoms with Gasteiger partial charge < -0.3 is 4.74 Å². The van der Waals surface area contributed by atoms with Gasteiger partial charge in [-0.25, -0.2) is 0 Å². The van der Waals surface area contributed by atoms with Gasteiger partial charge in [0.2, 0.25) is 0 Å². The zero-order chi connectivity index (χ0) is 9.42. The van der Waals surface area contributed by atoms with Crippen LogP contribution >= 0.6 is 11.3 Å². The molecule has 1 aliphatic carbocycles. The molecule has 0 radical (unpaired) electrons. The fourth-order valence-corrected chi connectivity index (χ4v) is 3.37. The van der Waals surface area contributed by atoms with Gasteiger partial charge in [0, 0.05) is 15.3 Å². The Balaban J connectivity index is 2.47. The predicted molar refractivity (Wildman–Crippen MR) is 57.0 cm³/mol. The van der Waals surface area contributed by atoms with Crippen molar-refractivity contribution in [1.29, 1.82) is 0 Å². The Morgan fingerprint density at radius 2 is 2.08 bits per heavy atom. The zero-order valence-corrected chi connectivity index (χ0v) is 9.33. The largest absolute Gasteiger partial charge is 0.495 e. The SMILES string of the molecule is COc1c(C(C)C)sc2c1CCC2. The third-order valence-electron chi connectivity index (χ3n) is 2.63. The van der Waals surface area contributed by atoms with Crippen LogP contribution in [0.15, 0.2) is 0 Å². The summed E-state index contributed by atoms with van der Waals surface area (Å²) in [6.07, 6.45) is 3.81. The van der Waals surface area contributed by atoms with Gasteiger partial charge >= 0.3 is 0 Å². The average molecular weight is 196 g/mol. The molecule has 2 heteroatoms. The molecular formula is C11H16OS. The van der Waals surface area contributed by atoms with Gasteiger partial charge in [0.25, 0.3) is 0 Å². The summed E-state index contributed by atoms with van der Waals surface area (Å²) >= 11 is 1.96. The third kappa shape index (κ3) is 1.37. The summed E-state index contributed by atoms with van der Waals surface area (Å²) in [5.74, 6) is 1.79. The highest BCUT2D eigenvalue weighted by Gasteiger charge is 2.23. The van der Waals surface area contributed by atoms with Gasteiger partial charge in [-0.2, -0.15) is 0 Å². The number of methoxy groups -OCH3 is 1. The van der Waals surface area contributed by atoms with E-state index in [-0.39, 0.29) is 0 Å². The lowest BCUT2D eigenvalue weighted by Gasteiger charge is -2.07. The summed E-state index contributed by atoms with van der Waals surface area (Å²) in [4.78, 5) is 3.01. The molecule has 72 valence electrons. The third-order valence-corrected chi connectivity index (χ3v) is 4.20. The van der Waals surface area contributed by atoms with Crippen LogP contribution < -0.4 is 4.74 Å². The average Bonchev–Trinajstić information content (AvgIpc) is 2.60. The van der Waals surface area contributed by atoms with E-state index in [2.05, 4.69) is 13.8 Å². The van der Waals surface area contributed by atoms with Crippen molar-refractivity contribution < 1.29 is 4.74 Å². The number of thiophene rings is 1. The molecule has 0 spiro atoms. The Morgan fingerprint density at radius 3 is 2.69 bits per heavy atom. The van der Waals surface area contributed by atoms with Crippen LogP contribution in [0.1, 0.15) is 41.5 Å². The molecule has 0 saturated heterocycles. The van der Waals surface area contributed by atoms with E-state index < -0.39 is 0 Å². The fourth-order valence-electron chi connectivity index (χ4n) is 2.00. The molecule has 0 unspecified atom stereocenters. The molecule has 0 amide bonds. The predicted octanol–water partition coefficient (Wildman–Crippen LogP) is 3.37. The summed E-state index contributed by atoms with van der Waals surface area (Å²) in [7, 11) is 1.80. The van der Waals surface area contributed by atoms with Crippen LogP contribution in [-0.2, 0) is 12.8 Å². The van der Waals surface area contributed by atoms with E-state index in [9.17, 15) is 0 Å². The van der Waals surface area contributed by atoms with Crippen molar-refractivity contribution >= 4 is 11.3 Å². The maximum Gasteiger partial charge on any atom is 0.136 e. The summed E-state index contributed by atoms with van der Waals surface area (Å²) < 4.78 is 5.50. The van der Waals surface area contributed by atoms with E-state index in [0.717, 1.165) is 0 Å². The van der Waals surface area contributed by atoms with E-state index in [1.807, 2.05) is 11.3 Å². The molecule has 0 bridgehead atoms. The summed E-state index contributed by atoms with van der Waals surface area (Å²) in [6.45, 7) is 4.48. The minimum Gasteiger partial charge on any atom is -0.495 e. The van der Waals surface area contributed by atoms with E-state index >= 15 is 0 Å². The number of hydrogen-bond acceptors (Lipinski definition) is 2. The molecule has 1 nitrogen and oxygen atoms in total. The molecule has 0 fully saturated rings. The Hall–Kier alpha value is -0.500. The second-order valence-corrected chi connectivity index (χ2v) is 5.05. The molecule has 1 aliphatic rings. The van der Waals surface area contributed by atoms with E-state index in [0.29, 0.717) is 5.92 Å². The van der Waals surface area contributed by atoms with Crippen molar-refractivity contribution in [2.45, 2.75) is 39.0 Å². The minimum absolute atomic E-state index is 0.602. The van der Waals surface area contributed by atoms with Crippen molar-refractivity contribution in [1.82, 2.24) is 0 Å². The van der Waals surface area contributed by atoms with Gasteiger partial charge in [-0.05, 0) is 25.2 Å². The smallest absolute Gasteiger partial charge is 0.136 e. The van der Waals surface area contributed by atoms with Gasteiger partial charge in [-0.15, -0.1) is 11.3 Å². The fraction of sp³-hybridized carbons (Fsp3) is 0.636. The minimum atomic E-state index is 0.602. The van der Waals surface area contributed by atoms with Crippen molar-refractivity contribution in [3.63, 3.8) is 0 Å². The van der Waals surface area contributed by atoms with Gasteiger partial charge in [-0.3, -0.25) is 0 Å². The lowest BCUT2D eigenvalue weighted by Crippen LogP contribution is -1.91. The molecule has 0 aliphatic heterocycles. The number of aryl methyl sites for hydroxylation is 1. The number of ether oxygens (including phenoxy) is 1. The van der Waals surface area contributed by atoms with Crippen LogP contribution in [0.4, 0.5) is 0 Å². The van der Waals surface area contributed by atoms with Gasteiger partial charge in [0.1, 0.15) is 5.75 Å². The standard InChI is InChI=1S/C11H16OS/c1-7(2)11-10(12-3)8-5-4-6-9(8)13-11/h7H,4-6H2,1-3H3. The molecule has 1 aromatic rings. The number of hydrogen-bond donors (Lipinski definition) is 0. The second-order valence-electron chi connectivity index (χ2n) is 3.91. The lowest BCUT2D eigenvalue weighted by atomic mass is 10.1. The molecule has 0 atom stereocenters. The summed E-state index contributed by atoms with van der Waals surface area (Å²) in [6, 6.07) is 0. The van der Waals surface area contributed by atoms with Crippen LogP contribution in [-0.4, -0.2) is 7.11 Å². The van der Waals surface area contributed by atoms with E-state index in [1.165, 1.54) is 35.5 Å². The van der Waals surface area contributed by atoms with Crippen molar-refractivity contribution in [3.8, 4) is 5.75 Å². The highest BCUT2D eigenvalue weighted by Crippen LogP contribution is 2.43. The van der Waals surface area contributed by atoms with E-state index in [1.54, 1.807) is 12.0 Å². The first-order valence-corrected chi connectivity index (χ1v) is 5.74. The lowest BCUT2D eigenvalue weighted by molar-refractivity contribution is 0.406. The summed E-state index contributed by atoms with van der Waals surface area (Å²) in [5, 5.41) is 0. The zero-order valence-electron chi connectivity index (χ0n) is 8.52. The molecule has 1 aromatic heterocycles. The highest BCUT2D eigenvalue weighted by molar-refractivity contribution is 7.12. The second kappa shape index (κ2) is 3.33. The Kier molecular flexibility index (Phi) is 2.33. The van der Waals surface area contributed by atoms with Crippen LogP contribution in [0.2, 0.25) is 0 Å². The first-order valence-electron chi connectivity index (χ1n) is 4.92. The summed E-state index contributed by atoms with van der Waals surface area (Å²) in [5.41, 5.74) is 1.50. The molecule has 0 saturated carbocycles. The quantitative estimate of drug-likeness (QED) is 0.704. The molecule has 2 rings (SSSR count). The molecule has 0 aromatic carbocycles. The maximum absolute atomic E-state index is 5.50. The Labute approximate surface area is 83.7 Å². The highest BCUT2D eigenvalue weighted by atomic mass is 32.1. The van der Waals surface area contributed by atoms with Gasteiger partial charge in [0.15, 0.2) is 0 Å². The normalized spacial score (nSPS) is 15.1. The first kappa shape index (κ1) is 9.07. The number of fused-ring (bicyclic) bond motifs is 1. The van der Waals surface area contributed by atoms with Crippen LogP contribution in [0.3, 0.4) is 0 Å². The van der Waals surface area contributed by atoms with Crippen molar-refractivity contribution in [2.24, 2.45) is 0 Å².